The Morgan fingerprint density at radius 1 is 1.00 bits per heavy atom. The number of benzene rings is 2. The van der Waals surface area contributed by atoms with Crippen molar-refractivity contribution in [3.8, 4) is 0 Å². The van der Waals surface area contributed by atoms with Crippen LogP contribution in [0.15, 0.2) is 40.9 Å². The van der Waals surface area contributed by atoms with E-state index in [1.54, 1.807) is 0 Å². The van der Waals surface area contributed by atoms with Crippen LogP contribution in [0.1, 0.15) is 30.9 Å². The number of hydrogen-bond donors (Lipinski definition) is 1. The van der Waals surface area contributed by atoms with Gasteiger partial charge in [-0.1, -0.05) is 52.7 Å². The van der Waals surface area contributed by atoms with Crippen molar-refractivity contribution in [3.63, 3.8) is 0 Å². The molecule has 98 valence electrons. The molecule has 19 heavy (non-hydrogen) atoms. The first kappa shape index (κ1) is 11.9. The van der Waals surface area contributed by atoms with Gasteiger partial charge in [-0.3, -0.25) is 0 Å². The second-order valence-electron chi connectivity index (χ2n) is 6.04. The van der Waals surface area contributed by atoms with Crippen LogP contribution >= 0.6 is 15.9 Å². The minimum atomic E-state index is 0.216. The van der Waals surface area contributed by atoms with Gasteiger partial charge in [-0.05, 0) is 53.0 Å². The Hall–Kier alpha value is -0.860. The van der Waals surface area contributed by atoms with Crippen LogP contribution in [-0.2, 0) is 0 Å². The van der Waals surface area contributed by atoms with Gasteiger partial charge in [0.05, 0.1) is 0 Å². The van der Waals surface area contributed by atoms with Crippen molar-refractivity contribution in [2.45, 2.75) is 25.3 Å². The van der Waals surface area contributed by atoms with Crippen molar-refractivity contribution in [2.75, 3.05) is 0 Å². The highest BCUT2D eigenvalue weighted by molar-refractivity contribution is 9.10. The summed E-state index contributed by atoms with van der Waals surface area (Å²) in [6, 6.07) is 13.2. The maximum Gasteiger partial charge on any atom is 0.0335 e. The van der Waals surface area contributed by atoms with E-state index in [-0.39, 0.29) is 6.04 Å². The highest BCUT2D eigenvalue weighted by Gasteiger charge is 2.55. The van der Waals surface area contributed by atoms with Gasteiger partial charge in [0, 0.05) is 10.5 Å². The number of rotatable bonds is 2. The van der Waals surface area contributed by atoms with Gasteiger partial charge in [-0.25, -0.2) is 0 Å². The molecule has 0 bridgehead atoms. The maximum absolute atomic E-state index is 6.59. The molecule has 2 aliphatic carbocycles. The van der Waals surface area contributed by atoms with Crippen LogP contribution in [0.25, 0.3) is 10.8 Å². The Balaban J connectivity index is 1.77. The fraction of sp³-hybridized carbons (Fsp3) is 0.412. The topological polar surface area (TPSA) is 26.0 Å². The van der Waals surface area contributed by atoms with E-state index in [1.807, 2.05) is 0 Å². The Bertz CT molecular complexity index is 626. The first-order chi connectivity index (χ1) is 9.27. The zero-order chi connectivity index (χ0) is 13.0. The van der Waals surface area contributed by atoms with Crippen molar-refractivity contribution >= 4 is 26.7 Å². The number of hydrogen-bond acceptors (Lipinski definition) is 1. The molecule has 2 aromatic rings. The third kappa shape index (κ3) is 1.77. The van der Waals surface area contributed by atoms with Gasteiger partial charge in [0.15, 0.2) is 0 Å². The number of fused-ring (bicyclic) bond motifs is 2. The van der Waals surface area contributed by atoms with E-state index in [2.05, 4.69) is 52.3 Å². The van der Waals surface area contributed by atoms with Crippen molar-refractivity contribution in [2.24, 2.45) is 23.5 Å². The van der Waals surface area contributed by atoms with Crippen LogP contribution in [-0.4, -0.2) is 0 Å². The number of halogens is 1. The van der Waals surface area contributed by atoms with Crippen molar-refractivity contribution in [1.29, 1.82) is 0 Å². The van der Waals surface area contributed by atoms with E-state index in [0.29, 0.717) is 0 Å². The third-order valence-corrected chi connectivity index (χ3v) is 5.84. The van der Waals surface area contributed by atoms with E-state index in [9.17, 15) is 0 Å². The molecular weight excluding hydrogens is 298 g/mol. The summed E-state index contributed by atoms with van der Waals surface area (Å²) in [6.07, 6.45) is 4.22. The van der Waals surface area contributed by atoms with Crippen molar-refractivity contribution in [3.05, 3.63) is 46.4 Å². The van der Waals surface area contributed by atoms with Gasteiger partial charge in [0.1, 0.15) is 0 Å². The SMILES string of the molecule is NC(c1ccc(Br)c2ccccc12)C1C2CCCC21. The van der Waals surface area contributed by atoms with E-state index < -0.39 is 0 Å². The lowest BCUT2D eigenvalue weighted by Crippen LogP contribution is -2.15. The first-order valence-corrected chi connectivity index (χ1v) is 7.99. The fourth-order valence-corrected chi connectivity index (χ4v) is 4.67. The van der Waals surface area contributed by atoms with Crippen LogP contribution in [0.5, 0.6) is 0 Å². The molecule has 2 aromatic carbocycles. The molecule has 0 radical (unpaired) electrons. The van der Waals surface area contributed by atoms with Gasteiger partial charge in [-0.2, -0.15) is 0 Å². The molecule has 1 nitrogen and oxygen atoms in total. The van der Waals surface area contributed by atoms with Gasteiger partial charge in [-0.15, -0.1) is 0 Å². The summed E-state index contributed by atoms with van der Waals surface area (Å²) in [4.78, 5) is 0. The summed E-state index contributed by atoms with van der Waals surface area (Å²) >= 11 is 3.64. The zero-order valence-corrected chi connectivity index (χ0v) is 12.4. The lowest BCUT2D eigenvalue weighted by Gasteiger charge is -2.17. The molecule has 4 rings (SSSR count). The lowest BCUT2D eigenvalue weighted by molar-refractivity contribution is 0.504. The Morgan fingerprint density at radius 3 is 2.42 bits per heavy atom. The number of nitrogens with two attached hydrogens (primary N) is 1. The monoisotopic (exact) mass is 315 g/mol. The molecule has 2 fully saturated rings. The van der Waals surface area contributed by atoms with E-state index >= 15 is 0 Å². The second-order valence-corrected chi connectivity index (χ2v) is 6.90. The van der Waals surface area contributed by atoms with Crippen molar-refractivity contribution in [1.82, 2.24) is 0 Å². The van der Waals surface area contributed by atoms with Crippen LogP contribution in [0.4, 0.5) is 0 Å². The third-order valence-electron chi connectivity index (χ3n) is 5.15. The summed E-state index contributed by atoms with van der Waals surface area (Å²) in [5, 5.41) is 2.59. The zero-order valence-electron chi connectivity index (χ0n) is 10.9. The molecule has 0 heterocycles. The molecule has 0 aromatic heterocycles. The second kappa shape index (κ2) is 4.32. The summed E-state index contributed by atoms with van der Waals surface area (Å²) in [5.74, 6) is 2.56. The molecule has 2 heteroatoms. The average molecular weight is 316 g/mol. The van der Waals surface area contributed by atoms with Crippen molar-refractivity contribution < 1.29 is 0 Å². The Morgan fingerprint density at radius 2 is 1.68 bits per heavy atom. The Kier molecular flexibility index (Phi) is 2.71. The molecule has 0 aliphatic heterocycles. The summed E-state index contributed by atoms with van der Waals surface area (Å²) in [5.41, 5.74) is 7.92. The summed E-state index contributed by atoms with van der Waals surface area (Å²) in [6.45, 7) is 0. The predicted molar refractivity (Wildman–Crippen MR) is 82.9 cm³/mol. The maximum atomic E-state index is 6.59. The van der Waals surface area contributed by atoms with Crippen LogP contribution in [0.2, 0.25) is 0 Å². The fourth-order valence-electron chi connectivity index (χ4n) is 4.19. The first-order valence-electron chi connectivity index (χ1n) is 7.20. The summed E-state index contributed by atoms with van der Waals surface area (Å²) < 4.78 is 1.16. The normalized spacial score (nSPS) is 30.3. The highest BCUT2D eigenvalue weighted by Crippen LogP contribution is 2.61. The minimum absolute atomic E-state index is 0.216. The largest absolute Gasteiger partial charge is 0.324 e. The molecule has 3 unspecified atom stereocenters. The van der Waals surface area contributed by atoms with E-state index in [1.165, 1.54) is 35.6 Å². The minimum Gasteiger partial charge on any atom is -0.324 e. The summed E-state index contributed by atoms with van der Waals surface area (Å²) in [7, 11) is 0. The molecular formula is C17H18BrN. The van der Waals surface area contributed by atoms with Crippen LogP contribution < -0.4 is 5.73 Å². The smallest absolute Gasteiger partial charge is 0.0335 e. The Labute approximate surface area is 122 Å². The molecule has 0 saturated heterocycles. The van der Waals surface area contributed by atoms with Gasteiger partial charge >= 0.3 is 0 Å². The van der Waals surface area contributed by atoms with Gasteiger partial charge in [0.2, 0.25) is 0 Å². The van der Waals surface area contributed by atoms with Crippen LogP contribution in [0, 0.1) is 17.8 Å². The average Bonchev–Trinajstić information content (AvgIpc) is 2.92. The molecule has 2 aliphatic rings. The van der Waals surface area contributed by atoms with E-state index in [4.69, 9.17) is 5.73 Å². The predicted octanol–water partition coefficient (Wildman–Crippen LogP) is 4.65. The van der Waals surface area contributed by atoms with Gasteiger partial charge < -0.3 is 5.73 Å². The van der Waals surface area contributed by atoms with Crippen LogP contribution in [0.3, 0.4) is 0 Å². The quantitative estimate of drug-likeness (QED) is 0.857. The van der Waals surface area contributed by atoms with E-state index in [0.717, 1.165) is 22.2 Å². The molecule has 3 atom stereocenters. The molecule has 0 spiro atoms. The molecule has 2 N–H and O–H groups in total. The molecule has 2 saturated carbocycles. The lowest BCUT2D eigenvalue weighted by atomic mass is 9.93. The highest BCUT2D eigenvalue weighted by atomic mass is 79.9. The standard InChI is InChI=1S/C17H18BrN/c18-15-9-8-14(10-4-1-2-5-11(10)15)17(19)16-12-6-3-7-13(12)16/h1-2,4-5,8-9,12-13,16-17H,3,6-7,19H2. The van der Waals surface area contributed by atoms with Gasteiger partial charge in [0.25, 0.3) is 0 Å². The molecule has 0 amide bonds.